The summed E-state index contributed by atoms with van der Waals surface area (Å²) in [6.07, 6.45) is 0. The number of hydrogen-bond acceptors (Lipinski definition) is 1. The van der Waals surface area contributed by atoms with Gasteiger partial charge in [-0.1, -0.05) is 0 Å². The average molecular weight is 114 g/mol. The van der Waals surface area contributed by atoms with Crippen molar-refractivity contribution in [1.29, 1.82) is 0 Å². The first-order chi connectivity index (χ1) is 3.56. The Morgan fingerprint density at radius 2 is 2.00 bits per heavy atom. The minimum Gasteiger partial charge on any atom is -0.372 e. The van der Waals surface area contributed by atoms with E-state index in [1.165, 1.54) is 0 Å². The van der Waals surface area contributed by atoms with Crippen LogP contribution in [0.25, 0.3) is 0 Å². The van der Waals surface area contributed by atoms with Crippen molar-refractivity contribution < 1.29 is 4.74 Å². The lowest BCUT2D eigenvalue weighted by Gasteiger charge is -2.02. The van der Waals surface area contributed by atoms with Crippen LogP contribution in [0, 0.1) is 19.3 Å². The average Bonchev–Trinajstić information content (AvgIpc) is 1.59. The molecule has 1 heteroatoms. The monoisotopic (exact) mass is 114 g/mol. The van der Waals surface area contributed by atoms with Gasteiger partial charge in [0.1, 0.15) is 20.5 Å². The summed E-state index contributed by atoms with van der Waals surface area (Å²) in [6, 6.07) is 0. The first kappa shape index (κ1) is 7.70. The lowest BCUT2D eigenvalue weighted by molar-refractivity contribution is 0.103. The van der Waals surface area contributed by atoms with E-state index in [0.717, 1.165) is 6.61 Å². The summed E-state index contributed by atoms with van der Waals surface area (Å²) < 4.78 is 5.07. The van der Waals surface area contributed by atoms with Crippen molar-refractivity contribution in [2.45, 2.75) is 13.8 Å². The summed E-state index contributed by atoms with van der Waals surface area (Å²) in [6.45, 7) is 12.8. The zero-order valence-electron chi connectivity index (χ0n) is 5.74. The molecule has 0 aromatic heterocycles. The number of ether oxygens (including phenoxy) is 1. The normalized spacial score (nSPS) is 11.8. The van der Waals surface area contributed by atoms with E-state index in [1.54, 1.807) is 0 Å². The highest BCUT2D eigenvalue weighted by atomic mass is 16.5. The lowest BCUT2D eigenvalue weighted by Crippen LogP contribution is -2.14. The summed E-state index contributed by atoms with van der Waals surface area (Å²) in [5.41, 5.74) is -0.171. The predicted molar refractivity (Wildman–Crippen MR) is 35.3 cm³/mol. The van der Waals surface area contributed by atoms with Gasteiger partial charge >= 0.3 is 0 Å². The Hall–Kier alpha value is -0.300. The third kappa shape index (κ3) is 5.70. The summed E-state index contributed by atoms with van der Waals surface area (Å²) in [5.74, 6) is 0. The molecule has 0 aliphatic carbocycles. The lowest BCUT2D eigenvalue weighted by atomic mass is 9.99. The molecule has 0 saturated heterocycles. The SMILES string of the molecule is [CH2+]C([CH2+])(C)COCC. The molecule has 0 heterocycles. The fourth-order valence-electron chi connectivity index (χ4n) is 0.348. The van der Waals surface area contributed by atoms with Gasteiger partial charge in [-0.05, 0) is 6.92 Å². The third-order valence-electron chi connectivity index (χ3n) is 0.655. The van der Waals surface area contributed by atoms with Crippen molar-refractivity contribution >= 4 is 0 Å². The van der Waals surface area contributed by atoms with Crippen LogP contribution in [0.2, 0.25) is 0 Å². The van der Waals surface area contributed by atoms with Crippen LogP contribution in [0.1, 0.15) is 13.8 Å². The number of hydrogen-bond donors (Lipinski definition) is 0. The largest absolute Gasteiger partial charge is 0.372 e. The van der Waals surface area contributed by atoms with E-state index in [1.807, 2.05) is 13.8 Å². The van der Waals surface area contributed by atoms with E-state index in [4.69, 9.17) is 4.74 Å². The minimum absolute atomic E-state index is 0.171. The Morgan fingerprint density at radius 3 is 2.12 bits per heavy atom. The van der Waals surface area contributed by atoms with Crippen LogP contribution in [0.4, 0.5) is 0 Å². The zero-order chi connectivity index (χ0) is 6.62. The molecule has 0 aromatic carbocycles. The molecule has 0 aliphatic rings. The van der Waals surface area contributed by atoms with Crippen LogP contribution < -0.4 is 0 Å². The second-order valence-electron chi connectivity index (χ2n) is 2.45. The van der Waals surface area contributed by atoms with Gasteiger partial charge in [-0.15, -0.1) is 0 Å². The van der Waals surface area contributed by atoms with Crippen molar-refractivity contribution in [1.82, 2.24) is 0 Å². The van der Waals surface area contributed by atoms with Crippen molar-refractivity contribution in [3.63, 3.8) is 0 Å². The summed E-state index contributed by atoms with van der Waals surface area (Å²) in [7, 11) is 0. The molecule has 0 atom stereocenters. The predicted octanol–water partition coefficient (Wildman–Crippen LogP) is 1.70. The smallest absolute Gasteiger partial charge is 0.250 e. The van der Waals surface area contributed by atoms with Crippen LogP contribution in [-0.4, -0.2) is 13.2 Å². The van der Waals surface area contributed by atoms with E-state index in [-0.39, 0.29) is 5.41 Å². The molecule has 0 N–H and O–H groups in total. The fraction of sp³-hybridized carbons (Fsp3) is 0.714. The second-order valence-corrected chi connectivity index (χ2v) is 2.45. The molecule has 1 nitrogen and oxygen atoms in total. The Balaban J connectivity index is 3.11. The van der Waals surface area contributed by atoms with Crippen LogP contribution >= 0.6 is 0 Å². The molecular formula is C7H14O+2. The van der Waals surface area contributed by atoms with E-state index >= 15 is 0 Å². The molecule has 0 aliphatic heterocycles. The Labute approximate surface area is 52.0 Å². The Bertz CT molecular complexity index is 51.9. The van der Waals surface area contributed by atoms with Gasteiger partial charge in [0.15, 0.2) is 0 Å². The van der Waals surface area contributed by atoms with Crippen molar-refractivity contribution in [2.75, 3.05) is 13.2 Å². The Morgan fingerprint density at radius 1 is 1.50 bits per heavy atom. The molecule has 8 heavy (non-hydrogen) atoms. The molecule has 0 spiro atoms. The van der Waals surface area contributed by atoms with Crippen LogP contribution in [0.15, 0.2) is 0 Å². The van der Waals surface area contributed by atoms with Gasteiger partial charge in [0.2, 0.25) is 0 Å². The van der Waals surface area contributed by atoms with Gasteiger partial charge in [0.25, 0.3) is 5.41 Å². The van der Waals surface area contributed by atoms with Gasteiger partial charge in [-0.2, -0.15) is 0 Å². The van der Waals surface area contributed by atoms with Crippen molar-refractivity contribution in [3.05, 3.63) is 13.8 Å². The first-order valence-corrected chi connectivity index (χ1v) is 2.85. The standard InChI is InChI=1S/C7H14O/c1-5-8-6-7(2,3)4/h2-3,5-6H2,1,4H3/q+2. The van der Waals surface area contributed by atoms with Gasteiger partial charge < -0.3 is 4.74 Å². The third-order valence-corrected chi connectivity index (χ3v) is 0.655. The summed E-state index contributed by atoms with van der Waals surface area (Å²) in [5, 5.41) is 0. The number of rotatable bonds is 3. The van der Waals surface area contributed by atoms with E-state index in [0.29, 0.717) is 6.61 Å². The molecule has 0 saturated carbocycles. The molecule has 0 bridgehead atoms. The summed E-state index contributed by atoms with van der Waals surface area (Å²) >= 11 is 0. The molecule has 46 valence electrons. The minimum atomic E-state index is -0.171. The molecule has 0 unspecified atom stereocenters. The Kier molecular flexibility index (Phi) is 2.77. The highest BCUT2D eigenvalue weighted by Gasteiger charge is 2.25. The van der Waals surface area contributed by atoms with Gasteiger partial charge in [-0.25, -0.2) is 0 Å². The molecule has 0 rings (SSSR count). The summed E-state index contributed by atoms with van der Waals surface area (Å²) in [4.78, 5) is 0. The maximum absolute atomic E-state index is 5.07. The molecule has 0 amide bonds. The van der Waals surface area contributed by atoms with Gasteiger partial charge in [0, 0.05) is 13.5 Å². The highest BCUT2D eigenvalue weighted by Crippen LogP contribution is 2.10. The van der Waals surface area contributed by atoms with E-state index in [2.05, 4.69) is 13.8 Å². The molecule has 0 aromatic rings. The first-order valence-electron chi connectivity index (χ1n) is 2.85. The van der Waals surface area contributed by atoms with Crippen LogP contribution in [-0.2, 0) is 4.74 Å². The van der Waals surface area contributed by atoms with Gasteiger partial charge in [-0.3, -0.25) is 0 Å². The quantitative estimate of drug-likeness (QED) is 0.507. The van der Waals surface area contributed by atoms with Crippen LogP contribution in [0.5, 0.6) is 0 Å². The highest BCUT2D eigenvalue weighted by molar-refractivity contribution is 4.77. The topological polar surface area (TPSA) is 9.23 Å². The zero-order valence-corrected chi connectivity index (χ0v) is 5.74. The van der Waals surface area contributed by atoms with Crippen molar-refractivity contribution in [2.24, 2.45) is 5.41 Å². The van der Waals surface area contributed by atoms with Crippen molar-refractivity contribution in [3.8, 4) is 0 Å². The van der Waals surface area contributed by atoms with Gasteiger partial charge in [0.05, 0.1) is 0 Å². The maximum Gasteiger partial charge on any atom is 0.250 e. The van der Waals surface area contributed by atoms with Crippen LogP contribution in [0.3, 0.4) is 0 Å². The molecule has 0 radical (unpaired) electrons. The fourth-order valence-corrected chi connectivity index (χ4v) is 0.348. The maximum atomic E-state index is 5.07. The van der Waals surface area contributed by atoms with E-state index in [9.17, 15) is 0 Å². The molecule has 0 fully saturated rings. The second kappa shape index (κ2) is 2.88. The van der Waals surface area contributed by atoms with E-state index < -0.39 is 0 Å². The molecular weight excluding hydrogens is 100 g/mol.